The molecule has 0 spiro atoms. The first-order chi connectivity index (χ1) is 6.26. The number of rotatable bonds is 5. The van der Waals surface area contributed by atoms with Crippen molar-refractivity contribution in [2.75, 3.05) is 33.4 Å². The van der Waals surface area contributed by atoms with Crippen LogP contribution in [-0.4, -0.2) is 49.3 Å². The van der Waals surface area contributed by atoms with Crippen molar-refractivity contribution in [3.63, 3.8) is 0 Å². The van der Waals surface area contributed by atoms with Crippen LogP contribution in [0, 0.1) is 11.8 Å². The predicted octanol–water partition coefficient (Wildman–Crippen LogP) is -0.523. The van der Waals surface area contributed by atoms with E-state index < -0.39 is 0 Å². The molecule has 0 saturated carbocycles. The molecule has 0 heterocycles. The molecule has 0 atom stereocenters. The topological polar surface area (TPSA) is 49.8 Å². The normalized spacial score (nSPS) is 8.85. The van der Waals surface area contributed by atoms with E-state index in [0.717, 1.165) is 0 Å². The Morgan fingerprint density at radius 1 is 1.54 bits per heavy atom. The van der Waals surface area contributed by atoms with Gasteiger partial charge in [0.2, 0.25) is 0 Å². The maximum atomic E-state index is 11.2. The summed E-state index contributed by atoms with van der Waals surface area (Å²) < 4.78 is 4.82. The monoisotopic (exact) mass is 185 g/mol. The van der Waals surface area contributed by atoms with E-state index in [1.807, 2.05) is 0 Å². The summed E-state index contributed by atoms with van der Waals surface area (Å²) in [6, 6.07) is 0. The third-order valence-electron chi connectivity index (χ3n) is 1.45. The Labute approximate surface area is 78.5 Å². The molecule has 0 bridgehead atoms. The number of aliphatic hydroxyl groups excluding tert-OH is 1. The molecule has 0 aromatic heterocycles. The highest BCUT2D eigenvalue weighted by molar-refractivity contribution is 5.93. The molecule has 0 fully saturated rings. The van der Waals surface area contributed by atoms with E-state index in [0.29, 0.717) is 19.7 Å². The zero-order valence-corrected chi connectivity index (χ0v) is 8.04. The summed E-state index contributed by atoms with van der Waals surface area (Å²) in [5.41, 5.74) is 0. The molecule has 13 heavy (non-hydrogen) atoms. The van der Waals surface area contributed by atoms with Crippen LogP contribution in [0.2, 0.25) is 0 Å². The molecule has 0 rings (SSSR count). The van der Waals surface area contributed by atoms with Gasteiger partial charge < -0.3 is 14.7 Å². The highest BCUT2D eigenvalue weighted by Crippen LogP contribution is 1.88. The molecule has 0 aliphatic carbocycles. The first-order valence-corrected chi connectivity index (χ1v) is 4.07. The summed E-state index contributed by atoms with van der Waals surface area (Å²) in [4.78, 5) is 12.7. The Morgan fingerprint density at radius 3 is 2.69 bits per heavy atom. The molecule has 0 aromatic carbocycles. The van der Waals surface area contributed by atoms with E-state index in [9.17, 15) is 4.79 Å². The van der Waals surface area contributed by atoms with Crippen LogP contribution in [-0.2, 0) is 9.53 Å². The molecule has 0 aliphatic heterocycles. The summed E-state index contributed by atoms with van der Waals surface area (Å²) >= 11 is 0. The maximum absolute atomic E-state index is 11.2. The zero-order chi connectivity index (χ0) is 10.1. The molecule has 0 radical (unpaired) electrons. The highest BCUT2D eigenvalue weighted by atomic mass is 16.5. The molecule has 0 aromatic rings. The van der Waals surface area contributed by atoms with E-state index in [1.165, 1.54) is 4.90 Å². The van der Waals surface area contributed by atoms with Crippen molar-refractivity contribution in [1.29, 1.82) is 0 Å². The molecule has 1 N–H and O–H groups in total. The Kier molecular flexibility index (Phi) is 6.98. The quantitative estimate of drug-likeness (QED) is 0.586. The fourth-order valence-corrected chi connectivity index (χ4v) is 0.823. The Hall–Kier alpha value is -1.05. The number of nitrogens with zero attached hydrogens (tertiary/aromatic N) is 1. The molecule has 0 saturated heterocycles. The minimum atomic E-state index is -0.270. The van der Waals surface area contributed by atoms with Crippen molar-refractivity contribution in [3.05, 3.63) is 0 Å². The Balaban J connectivity index is 4.03. The SMILES string of the molecule is CC#CC(=O)N(CCO)CCOC. The van der Waals surface area contributed by atoms with E-state index >= 15 is 0 Å². The van der Waals surface area contributed by atoms with Crippen molar-refractivity contribution in [2.24, 2.45) is 0 Å². The van der Waals surface area contributed by atoms with Gasteiger partial charge >= 0.3 is 0 Å². The lowest BCUT2D eigenvalue weighted by Gasteiger charge is -2.17. The second kappa shape index (κ2) is 7.59. The lowest BCUT2D eigenvalue weighted by Crippen LogP contribution is -2.35. The molecular formula is C9H15NO3. The van der Waals surface area contributed by atoms with Crippen molar-refractivity contribution in [2.45, 2.75) is 6.92 Å². The largest absolute Gasteiger partial charge is 0.395 e. The fraction of sp³-hybridized carbons (Fsp3) is 0.667. The number of aliphatic hydroxyl groups is 1. The van der Waals surface area contributed by atoms with Crippen molar-refractivity contribution in [1.82, 2.24) is 4.90 Å². The predicted molar refractivity (Wildman–Crippen MR) is 49.0 cm³/mol. The summed E-state index contributed by atoms with van der Waals surface area (Å²) in [6.45, 7) is 2.77. The Morgan fingerprint density at radius 2 is 2.23 bits per heavy atom. The standard InChI is InChI=1S/C9H15NO3/c1-3-4-9(12)10(5-7-11)6-8-13-2/h11H,5-8H2,1-2H3. The van der Waals surface area contributed by atoms with Crippen LogP contribution < -0.4 is 0 Å². The van der Waals surface area contributed by atoms with Crippen LogP contribution in [0.3, 0.4) is 0 Å². The molecule has 74 valence electrons. The number of hydrogen-bond acceptors (Lipinski definition) is 3. The van der Waals surface area contributed by atoms with Crippen molar-refractivity contribution in [3.8, 4) is 11.8 Å². The second-order valence-corrected chi connectivity index (χ2v) is 2.38. The lowest BCUT2D eigenvalue weighted by molar-refractivity contribution is -0.126. The van der Waals surface area contributed by atoms with Gasteiger partial charge in [-0.2, -0.15) is 0 Å². The van der Waals surface area contributed by atoms with Gasteiger partial charge in [-0.15, -0.1) is 0 Å². The van der Waals surface area contributed by atoms with Crippen LogP contribution in [0.15, 0.2) is 0 Å². The van der Waals surface area contributed by atoms with Gasteiger partial charge in [0.05, 0.1) is 13.2 Å². The third kappa shape index (κ3) is 5.23. The summed E-state index contributed by atoms with van der Waals surface area (Å²) in [6.07, 6.45) is 0. The minimum absolute atomic E-state index is 0.0547. The van der Waals surface area contributed by atoms with Crippen LogP contribution in [0.25, 0.3) is 0 Å². The first-order valence-electron chi connectivity index (χ1n) is 4.07. The first kappa shape index (κ1) is 11.9. The van der Waals surface area contributed by atoms with Crippen LogP contribution >= 0.6 is 0 Å². The zero-order valence-electron chi connectivity index (χ0n) is 8.04. The fourth-order valence-electron chi connectivity index (χ4n) is 0.823. The van der Waals surface area contributed by atoms with Gasteiger partial charge in [-0.3, -0.25) is 4.79 Å². The molecule has 4 heteroatoms. The van der Waals surface area contributed by atoms with E-state index in [1.54, 1.807) is 14.0 Å². The molecule has 4 nitrogen and oxygen atoms in total. The molecule has 0 unspecified atom stereocenters. The Bertz CT molecular complexity index is 205. The lowest BCUT2D eigenvalue weighted by atomic mass is 10.4. The van der Waals surface area contributed by atoms with Crippen molar-refractivity contribution >= 4 is 5.91 Å². The van der Waals surface area contributed by atoms with Crippen molar-refractivity contribution < 1.29 is 14.6 Å². The van der Waals surface area contributed by atoms with Crippen LogP contribution in [0.1, 0.15) is 6.92 Å². The number of amides is 1. The van der Waals surface area contributed by atoms with Gasteiger partial charge in [0, 0.05) is 20.2 Å². The van der Waals surface area contributed by atoms with Crippen LogP contribution in [0.5, 0.6) is 0 Å². The molecule has 0 aliphatic rings. The minimum Gasteiger partial charge on any atom is -0.395 e. The van der Waals surface area contributed by atoms with E-state index in [2.05, 4.69) is 11.8 Å². The van der Waals surface area contributed by atoms with Crippen LogP contribution in [0.4, 0.5) is 0 Å². The summed E-state index contributed by atoms with van der Waals surface area (Å²) in [7, 11) is 1.56. The number of carbonyl (C=O) groups excluding carboxylic acids is 1. The number of ether oxygens (including phenoxy) is 1. The highest BCUT2D eigenvalue weighted by Gasteiger charge is 2.08. The van der Waals surface area contributed by atoms with E-state index in [4.69, 9.17) is 9.84 Å². The second-order valence-electron chi connectivity index (χ2n) is 2.38. The van der Waals surface area contributed by atoms with E-state index in [-0.39, 0.29) is 12.5 Å². The van der Waals surface area contributed by atoms with Gasteiger partial charge in [0.15, 0.2) is 0 Å². The van der Waals surface area contributed by atoms with Gasteiger partial charge in [0.25, 0.3) is 5.91 Å². The molecule has 1 amide bonds. The number of carbonyl (C=O) groups is 1. The average Bonchev–Trinajstić information content (AvgIpc) is 2.12. The van der Waals surface area contributed by atoms with Gasteiger partial charge in [0.1, 0.15) is 0 Å². The third-order valence-corrected chi connectivity index (χ3v) is 1.45. The summed E-state index contributed by atoms with van der Waals surface area (Å²) in [5, 5.41) is 8.67. The average molecular weight is 185 g/mol. The maximum Gasteiger partial charge on any atom is 0.298 e. The number of methoxy groups -OCH3 is 1. The van der Waals surface area contributed by atoms with Gasteiger partial charge in [-0.1, -0.05) is 5.92 Å². The smallest absolute Gasteiger partial charge is 0.298 e. The van der Waals surface area contributed by atoms with Gasteiger partial charge in [-0.05, 0) is 12.8 Å². The van der Waals surface area contributed by atoms with Gasteiger partial charge in [-0.25, -0.2) is 0 Å². The molecular weight excluding hydrogens is 170 g/mol. The number of hydrogen-bond donors (Lipinski definition) is 1. The summed E-state index contributed by atoms with van der Waals surface area (Å²) in [5.74, 6) is 4.66.